The lowest BCUT2D eigenvalue weighted by molar-refractivity contribution is -0.0286. The first-order chi connectivity index (χ1) is 7.51. The average Bonchev–Trinajstić information content (AvgIpc) is 2.75. The largest absolute Gasteiger partial charge is 0.284 e. The normalized spacial score (nSPS) is 17.9. The third kappa shape index (κ3) is 1.93. The van der Waals surface area contributed by atoms with E-state index >= 15 is 0 Å². The number of hydroxylamine groups is 1. The maximum absolute atomic E-state index is 13.3. The number of halogens is 2. The molecule has 0 atom stereocenters. The smallest absolute Gasteiger partial charge is 0.268 e. The summed E-state index contributed by atoms with van der Waals surface area (Å²) in [5.74, 6) is -1.80. The molecular weight excluding hydrogens is 240 g/mol. The van der Waals surface area contributed by atoms with Crippen LogP contribution >= 0.6 is 0 Å². The Bertz CT molecular complexity index is 497. The van der Waals surface area contributed by atoms with Gasteiger partial charge in [0.2, 0.25) is 0 Å². The Balaban J connectivity index is 2.46. The Morgan fingerprint density at radius 1 is 1.31 bits per heavy atom. The first-order valence-corrected chi connectivity index (χ1v) is 6.06. The molecule has 0 spiro atoms. The Morgan fingerprint density at radius 2 is 2.06 bits per heavy atom. The lowest BCUT2D eigenvalue weighted by atomic mass is 10.3. The van der Waals surface area contributed by atoms with Crippen LogP contribution in [0.4, 0.5) is 8.78 Å². The van der Waals surface area contributed by atoms with Gasteiger partial charge in [0.1, 0.15) is 16.5 Å². The van der Waals surface area contributed by atoms with Crippen molar-refractivity contribution in [2.45, 2.75) is 11.3 Å². The van der Waals surface area contributed by atoms with E-state index < -0.39 is 26.6 Å². The van der Waals surface area contributed by atoms with Gasteiger partial charge in [-0.1, -0.05) is 4.47 Å². The summed E-state index contributed by atoms with van der Waals surface area (Å²) in [6, 6.07) is 2.28. The third-order valence-corrected chi connectivity index (χ3v) is 3.85. The quantitative estimate of drug-likeness (QED) is 0.793. The predicted molar refractivity (Wildman–Crippen MR) is 50.8 cm³/mol. The Morgan fingerprint density at radius 3 is 2.69 bits per heavy atom. The van der Waals surface area contributed by atoms with Crippen molar-refractivity contribution in [1.82, 2.24) is 4.47 Å². The summed E-state index contributed by atoms with van der Waals surface area (Å²) in [6.45, 7) is 0.411. The summed E-state index contributed by atoms with van der Waals surface area (Å²) >= 11 is 0. The molecule has 1 aliphatic heterocycles. The lowest BCUT2D eigenvalue weighted by Crippen LogP contribution is -2.27. The highest BCUT2D eigenvalue weighted by molar-refractivity contribution is 7.89. The van der Waals surface area contributed by atoms with Crippen LogP contribution < -0.4 is 0 Å². The zero-order chi connectivity index (χ0) is 11.8. The molecule has 0 radical (unpaired) electrons. The molecule has 0 N–H and O–H groups in total. The van der Waals surface area contributed by atoms with Crippen LogP contribution in [0, 0.1) is 11.6 Å². The van der Waals surface area contributed by atoms with Gasteiger partial charge < -0.3 is 0 Å². The monoisotopic (exact) mass is 249 g/mol. The number of rotatable bonds is 2. The van der Waals surface area contributed by atoms with E-state index in [4.69, 9.17) is 4.84 Å². The van der Waals surface area contributed by atoms with Crippen LogP contribution in [0.1, 0.15) is 6.42 Å². The van der Waals surface area contributed by atoms with Crippen LogP contribution in [0.25, 0.3) is 0 Å². The molecule has 0 aliphatic carbocycles. The number of hydrogen-bond donors (Lipinski definition) is 0. The predicted octanol–water partition coefficient (Wildman–Crippen LogP) is 1.29. The second-order valence-corrected chi connectivity index (χ2v) is 5.09. The second kappa shape index (κ2) is 4.08. The van der Waals surface area contributed by atoms with Gasteiger partial charge in [0.15, 0.2) is 0 Å². The minimum absolute atomic E-state index is 0.151. The van der Waals surface area contributed by atoms with Crippen LogP contribution in [0.2, 0.25) is 0 Å². The molecule has 1 aromatic rings. The zero-order valence-electron chi connectivity index (χ0n) is 8.19. The van der Waals surface area contributed by atoms with Gasteiger partial charge in [-0.15, -0.1) is 0 Å². The Kier molecular flexibility index (Phi) is 2.92. The summed E-state index contributed by atoms with van der Waals surface area (Å²) < 4.78 is 50.5. The fourth-order valence-corrected chi connectivity index (χ4v) is 2.78. The Labute approximate surface area is 91.4 Å². The van der Waals surface area contributed by atoms with E-state index in [2.05, 4.69) is 0 Å². The minimum Gasteiger partial charge on any atom is -0.284 e. The van der Waals surface area contributed by atoms with E-state index in [0.717, 1.165) is 12.1 Å². The SMILES string of the molecule is O=S(=O)(c1cc(F)ccc1F)N1CCCO1. The van der Waals surface area contributed by atoms with Crippen molar-refractivity contribution in [2.75, 3.05) is 13.2 Å². The molecule has 0 aromatic heterocycles. The van der Waals surface area contributed by atoms with Gasteiger partial charge in [0, 0.05) is 6.54 Å². The number of benzene rings is 1. The number of nitrogens with zero attached hydrogens (tertiary/aromatic N) is 1. The fourth-order valence-electron chi connectivity index (χ4n) is 1.40. The molecule has 0 unspecified atom stereocenters. The number of sulfonamides is 1. The van der Waals surface area contributed by atoms with E-state index in [0.29, 0.717) is 17.0 Å². The van der Waals surface area contributed by atoms with Crippen molar-refractivity contribution in [3.8, 4) is 0 Å². The van der Waals surface area contributed by atoms with Crippen molar-refractivity contribution < 1.29 is 22.0 Å². The molecule has 0 saturated carbocycles. The second-order valence-electron chi connectivity index (χ2n) is 3.29. The van der Waals surface area contributed by atoms with Crippen LogP contribution in [0.15, 0.2) is 23.1 Å². The Hall–Kier alpha value is -1.05. The highest BCUT2D eigenvalue weighted by Crippen LogP contribution is 2.22. The minimum atomic E-state index is -4.10. The van der Waals surface area contributed by atoms with E-state index in [1.165, 1.54) is 0 Å². The molecule has 1 aliphatic rings. The van der Waals surface area contributed by atoms with Gasteiger partial charge in [-0.3, -0.25) is 4.84 Å². The third-order valence-electron chi connectivity index (χ3n) is 2.16. The molecule has 1 aromatic carbocycles. The van der Waals surface area contributed by atoms with Gasteiger partial charge in [0.05, 0.1) is 6.61 Å². The molecule has 7 heteroatoms. The van der Waals surface area contributed by atoms with Crippen molar-refractivity contribution >= 4 is 10.0 Å². The molecule has 1 saturated heterocycles. The molecule has 0 amide bonds. The summed E-state index contributed by atoms with van der Waals surface area (Å²) in [4.78, 5) is 4.12. The van der Waals surface area contributed by atoms with Gasteiger partial charge in [-0.25, -0.2) is 17.2 Å². The first-order valence-electron chi connectivity index (χ1n) is 4.62. The summed E-state index contributed by atoms with van der Waals surface area (Å²) in [5.41, 5.74) is 0. The highest BCUT2D eigenvalue weighted by Gasteiger charge is 2.31. The molecular formula is C9H9F2NO3S. The van der Waals surface area contributed by atoms with Gasteiger partial charge in [-0.05, 0) is 24.6 Å². The van der Waals surface area contributed by atoms with Crippen molar-refractivity contribution in [3.05, 3.63) is 29.8 Å². The molecule has 2 rings (SSSR count). The van der Waals surface area contributed by atoms with Crippen molar-refractivity contribution in [2.24, 2.45) is 0 Å². The van der Waals surface area contributed by atoms with Gasteiger partial charge in [0.25, 0.3) is 10.0 Å². The van der Waals surface area contributed by atoms with Crippen LogP contribution in [-0.2, 0) is 14.9 Å². The first kappa shape index (κ1) is 11.4. The molecule has 0 bridgehead atoms. The summed E-state index contributed by atoms with van der Waals surface area (Å²) in [6.07, 6.45) is 0.538. The molecule has 1 fully saturated rings. The van der Waals surface area contributed by atoms with E-state index in [1.54, 1.807) is 0 Å². The van der Waals surface area contributed by atoms with Gasteiger partial charge >= 0.3 is 0 Å². The standard InChI is InChI=1S/C9H9F2NO3S/c10-7-2-3-8(11)9(6-7)16(13,14)12-4-1-5-15-12/h2-3,6H,1,4-5H2. The highest BCUT2D eigenvalue weighted by atomic mass is 32.2. The van der Waals surface area contributed by atoms with E-state index in [1.807, 2.05) is 0 Å². The summed E-state index contributed by atoms with van der Waals surface area (Å²) in [7, 11) is -4.10. The maximum Gasteiger partial charge on any atom is 0.268 e. The summed E-state index contributed by atoms with van der Waals surface area (Å²) in [5, 5.41) is 0. The zero-order valence-corrected chi connectivity index (χ0v) is 9.01. The molecule has 88 valence electrons. The van der Waals surface area contributed by atoms with E-state index in [9.17, 15) is 17.2 Å². The number of hydrogen-bond acceptors (Lipinski definition) is 3. The van der Waals surface area contributed by atoms with Gasteiger partial charge in [-0.2, -0.15) is 0 Å². The van der Waals surface area contributed by atoms with E-state index in [-0.39, 0.29) is 13.2 Å². The molecule has 1 heterocycles. The van der Waals surface area contributed by atoms with Crippen molar-refractivity contribution in [1.29, 1.82) is 0 Å². The van der Waals surface area contributed by atoms with Crippen LogP contribution in [0.5, 0.6) is 0 Å². The maximum atomic E-state index is 13.3. The van der Waals surface area contributed by atoms with Crippen LogP contribution in [-0.4, -0.2) is 26.0 Å². The topological polar surface area (TPSA) is 46.6 Å². The van der Waals surface area contributed by atoms with Crippen LogP contribution in [0.3, 0.4) is 0 Å². The molecule has 4 nitrogen and oxygen atoms in total. The lowest BCUT2D eigenvalue weighted by Gasteiger charge is -2.14. The van der Waals surface area contributed by atoms with Crippen molar-refractivity contribution in [3.63, 3.8) is 0 Å². The molecule has 16 heavy (non-hydrogen) atoms. The fraction of sp³-hybridized carbons (Fsp3) is 0.333. The average molecular weight is 249 g/mol.